The molecule has 3 nitrogen and oxygen atoms in total. The molecule has 118 valence electrons. The Morgan fingerprint density at radius 2 is 1.77 bits per heavy atom. The zero-order valence-corrected chi connectivity index (χ0v) is 14.0. The summed E-state index contributed by atoms with van der Waals surface area (Å²) in [5, 5.41) is 3.08. The van der Waals surface area contributed by atoms with Gasteiger partial charge in [-0.1, -0.05) is 42.0 Å². The lowest BCUT2D eigenvalue weighted by Gasteiger charge is -2.27. The Hall–Kier alpha value is -1.84. The van der Waals surface area contributed by atoms with Gasteiger partial charge < -0.3 is 11.1 Å². The maximum Gasteiger partial charge on any atom is 0.251 e. The van der Waals surface area contributed by atoms with Crippen LogP contribution in [0.5, 0.6) is 0 Å². The van der Waals surface area contributed by atoms with E-state index in [1.54, 1.807) is 0 Å². The third-order valence-corrected chi connectivity index (χ3v) is 3.62. The number of nitrogens with two attached hydrogens (primary N) is 1. The Labute approximate surface area is 138 Å². The van der Waals surface area contributed by atoms with Crippen LogP contribution in [0.4, 0.5) is 0 Å². The van der Waals surface area contributed by atoms with Crippen LogP contribution in [-0.4, -0.2) is 5.91 Å². The molecule has 0 radical (unpaired) electrons. The summed E-state index contributed by atoms with van der Waals surface area (Å²) in [6.45, 7) is 6.55. The van der Waals surface area contributed by atoms with Crippen LogP contribution in [0.1, 0.15) is 40.9 Å². The van der Waals surface area contributed by atoms with Crippen molar-refractivity contribution in [2.45, 2.75) is 32.9 Å². The molecule has 0 atom stereocenters. The molecule has 2 rings (SSSR count). The van der Waals surface area contributed by atoms with Crippen molar-refractivity contribution in [1.82, 2.24) is 5.32 Å². The van der Waals surface area contributed by atoms with Crippen molar-refractivity contribution in [2.75, 3.05) is 0 Å². The molecule has 0 heterocycles. The molecule has 2 aromatic rings. The molecule has 0 bridgehead atoms. The molecule has 22 heavy (non-hydrogen) atoms. The maximum absolute atomic E-state index is 12.4. The van der Waals surface area contributed by atoms with E-state index >= 15 is 0 Å². The summed E-state index contributed by atoms with van der Waals surface area (Å²) in [5.41, 5.74) is 9.09. The Bertz CT molecular complexity index is 636. The highest BCUT2D eigenvalue weighted by molar-refractivity contribution is 5.94. The molecule has 3 N–H and O–H groups in total. The van der Waals surface area contributed by atoms with Gasteiger partial charge in [0, 0.05) is 12.1 Å². The van der Waals surface area contributed by atoms with Crippen molar-refractivity contribution in [2.24, 2.45) is 5.73 Å². The molecule has 0 saturated heterocycles. The van der Waals surface area contributed by atoms with Gasteiger partial charge in [0.25, 0.3) is 5.91 Å². The van der Waals surface area contributed by atoms with E-state index in [1.165, 1.54) is 5.56 Å². The van der Waals surface area contributed by atoms with E-state index in [0.29, 0.717) is 12.1 Å². The molecule has 2 aromatic carbocycles. The quantitative estimate of drug-likeness (QED) is 0.906. The van der Waals surface area contributed by atoms with Crippen molar-refractivity contribution in [1.29, 1.82) is 0 Å². The monoisotopic (exact) mass is 318 g/mol. The number of hydrogen-bond acceptors (Lipinski definition) is 2. The average Bonchev–Trinajstić information content (AvgIpc) is 2.47. The van der Waals surface area contributed by atoms with Crippen LogP contribution in [0.3, 0.4) is 0 Å². The largest absolute Gasteiger partial charge is 0.343 e. The van der Waals surface area contributed by atoms with Gasteiger partial charge in [-0.3, -0.25) is 4.79 Å². The zero-order chi connectivity index (χ0) is 15.5. The summed E-state index contributed by atoms with van der Waals surface area (Å²) < 4.78 is 0. The number of amides is 1. The van der Waals surface area contributed by atoms with Crippen molar-refractivity contribution < 1.29 is 4.79 Å². The van der Waals surface area contributed by atoms with Crippen molar-refractivity contribution in [3.63, 3.8) is 0 Å². The molecule has 1 amide bonds. The number of rotatable bonds is 4. The Balaban J connectivity index is 0.00000242. The van der Waals surface area contributed by atoms with E-state index in [-0.39, 0.29) is 18.3 Å². The molecule has 0 spiro atoms. The topological polar surface area (TPSA) is 55.1 Å². The molecule has 0 aliphatic heterocycles. The van der Waals surface area contributed by atoms with Gasteiger partial charge in [-0.05, 0) is 44.0 Å². The van der Waals surface area contributed by atoms with Crippen LogP contribution >= 0.6 is 12.4 Å². The van der Waals surface area contributed by atoms with Gasteiger partial charge >= 0.3 is 0 Å². The van der Waals surface area contributed by atoms with Gasteiger partial charge in [0.2, 0.25) is 0 Å². The van der Waals surface area contributed by atoms with Crippen LogP contribution in [0.15, 0.2) is 48.5 Å². The van der Waals surface area contributed by atoms with E-state index in [4.69, 9.17) is 5.73 Å². The first-order valence-corrected chi connectivity index (χ1v) is 7.11. The lowest BCUT2D eigenvalue weighted by molar-refractivity contribution is 0.0912. The molecule has 0 aromatic heterocycles. The molecular weight excluding hydrogens is 296 g/mol. The first-order chi connectivity index (χ1) is 9.92. The predicted molar refractivity (Wildman–Crippen MR) is 93.3 cm³/mol. The van der Waals surface area contributed by atoms with Gasteiger partial charge in [0.15, 0.2) is 0 Å². The van der Waals surface area contributed by atoms with E-state index in [2.05, 4.69) is 11.4 Å². The molecule has 0 aliphatic carbocycles. The van der Waals surface area contributed by atoms with Crippen LogP contribution < -0.4 is 11.1 Å². The number of carbonyl (C=O) groups excluding carboxylic acids is 1. The zero-order valence-electron chi connectivity index (χ0n) is 13.2. The molecule has 0 unspecified atom stereocenters. The highest BCUT2D eigenvalue weighted by Gasteiger charge is 2.23. The lowest BCUT2D eigenvalue weighted by atomic mass is 9.92. The molecular formula is C18H23ClN2O. The number of carbonyl (C=O) groups is 1. The van der Waals surface area contributed by atoms with Crippen LogP contribution in [0, 0.1) is 6.92 Å². The summed E-state index contributed by atoms with van der Waals surface area (Å²) in [5.74, 6) is -0.0786. The van der Waals surface area contributed by atoms with Crippen molar-refractivity contribution in [3.8, 4) is 0 Å². The Morgan fingerprint density at radius 3 is 2.32 bits per heavy atom. The summed E-state index contributed by atoms with van der Waals surface area (Å²) in [4.78, 5) is 12.4. The lowest BCUT2D eigenvalue weighted by Crippen LogP contribution is -2.41. The van der Waals surface area contributed by atoms with Crippen LogP contribution in [0.2, 0.25) is 0 Å². The van der Waals surface area contributed by atoms with E-state index in [0.717, 1.165) is 11.1 Å². The fourth-order valence-electron chi connectivity index (χ4n) is 2.25. The van der Waals surface area contributed by atoms with Gasteiger partial charge in [-0.15, -0.1) is 12.4 Å². The third-order valence-electron chi connectivity index (χ3n) is 3.62. The second-order valence-corrected chi connectivity index (χ2v) is 5.85. The second-order valence-electron chi connectivity index (χ2n) is 5.85. The van der Waals surface area contributed by atoms with E-state index < -0.39 is 5.54 Å². The number of halogens is 1. The maximum atomic E-state index is 12.4. The smallest absolute Gasteiger partial charge is 0.251 e. The minimum atomic E-state index is -0.421. The number of aryl methyl sites for hydroxylation is 1. The van der Waals surface area contributed by atoms with Gasteiger partial charge in [-0.25, -0.2) is 0 Å². The third kappa shape index (κ3) is 4.33. The first-order valence-electron chi connectivity index (χ1n) is 7.11. The predicted octanol–water partition coefficient (Wildman–Crippen LogP) is 3.54. The summed E-state index contributed by atoms with van der Waals surface area (Å²) in [6, 6.07) is 15.6. The highest BCUT2D eigenvalue weighted by atomic mass is 35.5. The van der Waals surface area contributed by atoms with E-state index in [9.17, 15) is 4.79 Å². The summed E-state index contributed by atoms with van der Waals surface area (Å²) >= 11 is 0. The average molecular weight is 319 g/mol. The Kier molecular flexibility index (Phi) is 6.15. The summed E-state index contributed by atoms with van der Waals surface area (Å²) in [6.07, 6.45) is 0. The fraction of sp³-hybridized carbons (Fsp3) is 0.278. The van der Waals surface area contributed by atoms with Crippen molar-refractivity contribution in [3.05, 3.63) is 70.8 Å². The number of hydrogen-bond donors (Lipinski definition) is 2. The second kappa shape index (κ2) is 7.43. The van der Waals surface area contributed by atoms with Gasteiger partial charge in [-0.2, -0.15) is 0 Å². The molecule has 0 aliphatic rings. The SMILES string of the molecule is Cc1cccc(C(C)(C)NC(=O)c2ccc(CN)cc2)c1.Cl. The molecule has 4 heteroatoms. The van der Waals surface area contributed by atoms with Gasteiger partial charge in [0.05, 0.1) is 5.54 Å². The summed E-state index contributed by atoms with van der Waals surface area (Å²) in [7, 11) is 0. The minimum Gasteiger partial charge on any atom is -0.343 e. The standard InChI is InChI=1S/C18H22N2O.ClH/c1-13-5-4-6-16(11-13)18(2,3)20-17(21)15-9-7-14(12-19)8-10-15;/h4-11H,12,19H2,1-3H3,(H,20,21);1H. The van der Waals surface area contributed by atoms with Crippen LogP contribution in [-0.2, 0) is 12.1 Å². The van der Waals surface area contributed by atoms with Crippen molar-refractivity contribution >= 4 is 18.3 Å². The fourth-order valence-corrected chi connectivity index (χ4v) is 2.25. The minimum absolute atomic E-state index is 0. The molecule has 0 saturated carbocycles. The van der Waals surface area contributed by atoms with Crippen LogP contribution in [0.25, 0.3) is 0 Å². The van der Waals surface area contributed by atoms with E-state index in [1.807, 2.05) is 63.2 Å². The normalized spacial score (nSPS) is 10.7. The first kappa shape index (κ1) is 18.2. The Morgan fingerprint density at radius 1 is 1.14 bits per heavy atom. The molecule has 0 fully saturated rings. The number of benzene rings is 2. The number of nitrogens with one attached hydrogen (secondary N) is 1. The highest BCUT2D eigenvalue weighted by Crippen LogP contribution is 2.21. The van der Waals surface area contributed by atoms with Gasteiger partial charge in [0.1, 0.15) is 0 Å².